The largest absolute Gasteiger partial charge is 0.508 e. The zero-order chi connectivity index (χ0) is 32.0. The molecule has 16 heteroatoms. The van der Waals surface area contributed by atoms with Gasteiger partial charge in [-0.05, 0) is 25.1 Å². The van der Waals surface area contributed by atoms with E-state index in [0.29, 0.717) is 0 Å². The number of ether oxygens (including phenoxy) is 5. The second kappa shape index (κ2) is 12.4. The lowest BCUT2D eigenvalue weighted by Gasteiger charge is -2.39. The van der Waals surface area contributed by atoms with Crippen LogP contribution in [-0.2, 0) is 9.47 Å². The van der Waals surface area contributed by atoms with E-state index in [1.807, 2.05) is 0 Å². The number of phenolic OH excluding ortho intramolecular Hbond substituents is 2. The van der Waals surface area contributed by atoms with Crippen molar-refractivity contribution in [3.05, 3.63) is 40.6 Å². The fraction of sp³-hybridized carbons (Fsp3) is 0.464. The van der Waals surface area contributed by atoms with Crippen LogP contribution in [0.1, 0.15) is 6.92 Å². The van der Waals surface area contributed by atoms with Crippen LogP contribution in [0.3, 0.4) is 0 Å². The topological polar surface area (TPSA) is 258 Å². The van der Waals surface area contributed by atoms with Crippen LogP contribution in [0.25, 0.3) is 22.3 Å². The third-order valence-corrected chi connectivity index (χ3v) is 7.48. The van der Waals surface area contributed by atoms with Crippen LogP contribution in [0.4, 0.5) is 0 Å². The lowest BCUT2D eigenvalue weighted by atomic mass is 9.99. The van der Waals surface area contributed by atoms with Gasteiger partial charge < -0.3 is 74.1 Å². The molecule has 0 spiro atoms. The van der Waals surface area contributed by atoms with Crippen molar-refractivity contribution < 1.29 is 74.1 Å². The summed E-state index contributed by atoms with van der Waals surface area (Å²) in [4.78, 5) is 13.7. The molecule has 5 rings (SSSR count). The van der Waals surface area contributed by atoms with Crippen LogP contribution >= 0.6 is 0 Å². The highest BCUT2D eigenvalue weighted by Gasteiger charge is 2.46. The third kappa shape index (κ3) is 5.63. The van der Waals surface area contributed by atoms with Crippen molar-refractivity contribution in [2.45, 2.75) is 68.3 Å². The lowest BCUT2D eigenvalue weighted by Crippen LogP contribution is -2.60. The van der Waals surface area contributed by atoms with Gasteiger partial charge in [0.1, 0.15) is 65.2 Å². The average molecular weight is 625 g/mol. The molecule has 0 amide bonds. The van der Waals surface area contributed by atoms with Gasteiger partial charge in [-0.1, -0.05) is 0 Å². The van der Waals surface area contributed by atoms with Crippen molar-refractivity contribution in [3.63, 3.8) is 0 Å². The van der Waals surface area contributed by atoms with E-state index in [4.69, 9.17) is 28.1 Å². The summed E-state index contributed by atoms with van der Waals surface area (Å²) in [5, 5.41) is 90.9. The number of aliphatic hydroxyl groups is 7. The van der Waals surface area contributed by atoms with Crippen molar-refractivity contribution in [3.8, 4) is 40.1 Å². The Hall–Kier alpha value is -3.71. The Kier molecular flexibility index (Phi) is 8.90. The summed E-state index contributed by atoms with van der Waals surface area (Å²) in [5.74, 6) is -2.03. The number of benzene rings is 2. The molecule has 240 valence electrons. The van der Waals surface area contributed by atoms with Gasteiger partial charge in [0, 0.05) is 17.7 Å². The van der Waals surface area contributed by atoms with Gasteiger partial charge in [0.25, 0.3) is 0 Å². The van der Waals surface area contributed by atoms with Gasteiger partial charge in [-0.2, -0.15) is 0 Å². The summed E-state index contributed by atoms with van der Waals surface area (Å²) in [6.07, 6.45) is -15.4. The predicted molar refractivity (Wildman–Crippen MR) is 145 cm³/mol. The van der Waals surface area contributed by atoms with Crippen LogP contribution in [0.5, 0.6) is 28.7 Å². The van der Waals surface area contributed by atoms with Crippen molar-refractivity contribution in [2.75, 3.05) is 13.7 Å². The van der Waals surface area contributed by atoms with Crippen LogP contribution in [0.2, 0.25) is 0 Å². The van der Waals surface area contributed by atoms with Crippen molar-refractivity contribution in [1.82, 2.24) is 0 Å². The van der Waals surface area contributed by atoms with Gasteiger partial charge in [0.15, 0.2) is 17.3 Å². The molecule has 3 aromatic rings. The van der Waals surface area contributed by atoms with Crippen LogP contribution < -0.4 is 19.6 Å². The maximum atomic E-state index is 13.7. The first-order valence-corrected chi connectivity index (χ1v) is 13.4. The Morgan fingerprint density at radius 2 is 1.45 bits per heavy atom. The number of aromatic hydroxyl groups is 2. The molecule has 16 nitrogen and oxygen atoms in total. The molecule has 0 aliphatic carbocycles. The summed E-state index contributed by atoms with van der Waals surface area (Å²) in [6.45, 7) is 0.710. The first-order chi connectivity index (χ1) is 20.9. The minimum atomic E-state index is -1.90. The smallest absolute Gasteiger partial charge is 0.239 e. The molecule has 10 atom stereocenters. The van der Waals surface area contributed by atoms with E-state index in [1.165, 1.54) is 32.2 Å². The maximum absolute atomic E-state index is 13.7. The molecule has 3 heterocycles. The number of rotatable bonds is 7. The Balaban J connectivity index is 1.58. The van der Waals surface area contributed by atoms with Crippen molar-refractivity contribution in [2.24, 2.45) is 0 Å². The molecule has 2 aromatic carbocycles. The van der Waals surface area contributed by atoms with Gasteiger partial charge in [-0.25, -0.2) is 0 Å². The Bertz CT molecular complexity index is 1550. The molecule has 2 fully saturated rings. The highest BCUT2D eigenvalue weighted by atomic mass is 16.7. The SMILES string of the molecule is COc1cc(-c2oc3cc(O)cc(O)c3c(=O)c2OC2OC(CO)C(O)C(O)C2O)ccc1OC1OC(C)C(O)C(O)C1O. The van der Waals surface area contributed by atoms with E-state index < -0.39 is 96.1 Å². The van der Waals surface area contributed by atoms with Gasteiger partial charge in [0.05, 0.1) is 19.8 Å². The van der Waals surface area contributed by atoms with Crippen LogP contribution in [0, 0.1) is 0 Å². The third-order valence-electron chi connectivity index (χ3n) is 7.48. The summed E-state index contributed by atoms with van der Waals surface area (Å²) in [7, 11) is 1.28. The molecular formula is C28H32O16. The number of hydrogen-bond acceptors (Lipinski definition) is 16. The molecular weight excluding hydrogens is 592 g/mol. The van der Waals surface area contributed by atoms with Crippen LogP contribution in [-0.4, -0.2) is 121 Å². The van der Waals surface area contributed by atoms with E-state index in [1.54, 1.807) is 0 Å². The summed E-state index contributed by atoms with van der Waals surface area (Å²) in [6, 6.07) is 5.99. The minimum Gasteiger partial charge on any atom is -0.508 e. The maximum Gasteiger partial charge on any atom is 0.239 e. The van der Waals surface area contributed by atoms with E-state index in [-0.39, 0.29) is 28.4 Å². The zero-order valence-corrected chi connectivity index (χ0v) is 23.3. The van der Waals surface area contributed by atoms with Crippen molar-refractivity contribution >= 4 is 11.0 Å². The molecule has 0 saturated carbocycles. The lowest BCUT2D eigenvalue weighted by molar-refractivity contribution is -0.277. The minimum absolute atomic E-state index is 0.00548. The number of fused-ring (bicyclic) bond motifs is 1. The fourth-order valence-corrected chi connectivity index (χ4v) is 4.99. The van der Waals surface area contributed by atoms with Gasteiger partial charge in [-0.3, -0.25) is 4.79 Å². The summed E-state index contributed by atoms with van der Waals surface area (Å²) >= 11 is 0. The number of methoxy groups -OCH3 is 1. The normalized spacial score (nSPS) is 32.4. The molecule has 0 bridgehead atoms. The first-order valence-electron chi connectivity index (χ1n) is 13.4. The van der Waals surface area contributed by atoms with Gasteiger partial charge >= 0.3 is 0 Å². The summed E-state index contributed by atoms with van der Waals surface area (Å²) in [5.41, 5.74) is -1.15. The second-order valence-corrected chi connectivity index (χ2v) is 10.4. The zero-order valence-electron chi connectivity index (χ0n) is 23.3. The first kappa shape index (κ1) is 31.7. The number of aliphatic hydroxyl groups excluding tert-OH is 7. The van der Waals surface area contributed by atoms with E-state index in [2.05, 4.69) is 0 Å². The predicted octanol–water partition coefficient (Wildman–Crippen LogP) is -1.74. The van der Waals surface area contributed by atoms with Crippen LogP contribution in [0.15, 0.2) is 39.5 Å². The molecule has 2 saturated heterocycles. The highest BCUT2D eigenvalue weighted by molar-refractivity contribution is 5.88. The molecule has 10 unspecified atom stereocenters. The van der Waals surface area contributed by atoms with E-state index >= 15 is 0 Å². The highest BCUT2D eigenvalue weighted by Crippen LogP contribution is 2.40. The molecule has 2 aliphatic heterocycles. The quantitative estimate of drug-likeness (QED) is 0.141. The summed E-state index contributed by atoms with van der Waals surface area (Å²) < 4.78 is 33.6. The molecule has 0 radical (unpaired) electrons. The second-order valence-electron chi connectivity index (χ2n) is 10.4. The Morgan fingerprint density at radius 1 is 0.795 bits per heavy atom. The number of hydrogen-bond donors (Lipinski definition) is 9. The standard InChI is InChI=1S/C28H32O16/c1-9-18(32)21(35)23(37)27(40-9)42-13-4-3-10(5-14(13)39-2)25-26(20(34)17-12(31)6-11(30)7-15(17)41-25)44-28-24(38)22(36)19(33)16(8-29)43-28/h3-7,9,16,18-19,21-24,27-33,35-38H,8H2,1-2H3. The monoisotopic (exact) mass is 624 g/mol. The average Bonchev–Trinajstić information content (AvgIpc) is 2.99. The Labute approximate surface area is 248 Å². The van der Waals surface area contributed by atoms with Crippen molar-refractivity contribution in [1.29, 1.82) is 0 Å². The van der Waals surface area contributed by atoms with Gasteiger partial charge in [0.2, 0.25) is 23.8 Å². The van der Waals surface area contributed by atoms with Gasteiger partial charge in [-0.15, -0.1) is 0 Å². The molecule has 9 N–H and O–H groups in total. The molecule has 2 aliphatic rings. The fourth-order valence-electron chi connectivity index (χ4n) is 4.99. The van der Waals surface area contributed by atoms with E-state index in [0.717, 1.165) is 12.1 Å². The van der Waals surface area contributed by atoms with E-state index in [9.17, 15) is 50.8 Å². The molecule has 44 heavy (non-hydrogen) atoms. The molecule has 1 aromatic heterocycles. The Morgan fingerprint density at radius 3 is 2.11 bits per heavy atom. The number of phenols is 2.